The fourth-order valence-corrected chi connectivity index (χ4v) is 12.9. The van der Waals surface area contributed by atoms with Crippen molar-refractivity contribution in [3.63, 3.8) is 0 Å². The molecule has 0 atom stereocenters. The Labute approximate surface area is 438 Å². The van der Waals surface area contributed by atoms with Gasteiger partial charge in [0.15, 0.2) is 0 Å². The van der Waals surface area contributed by atoms with Gasteiger partial charge in [-0.25, -0.2) is 0 Å². The Bertz CT molecular complexity index is 4410. The first kappa shape index (κ1) is 43.2. The topological polar surface area (TPSA) is 0 Å². The molecule has 350 valence electrons. The van der Waals surface area contributed by atoms with E-state index in [1.54, 1.807) is 0 Å². The van der Waals surface area contributed by atoms with Crippen molar-refractivity contribution in [1.29, 1.82) is 0 Å². The summed E-state index contributed by atoms with van der Waals surface area (Å²) in [4.78, 5) is 0. The van der Waals surface area contributed by atoms with Crippen LogP contribution < -0.4 is 0 Å². The summed E-state index contributed by atoms with van der Waals surface area (Å²) in [6, 6.07) is 99.4. The summed E-state index contributed by atoms with van der Waals surface area (Å²) in [6.45, 7) is 4.76. The van der Waals surface area contributed by atoms with Gasteiger partial charge in [-0.1, -0.05) is 269 Å². The summed E-state index contributed by atoms with van der Waals surface area (Å²) in [6.07, 6.45) is 0. The van der Waals surface area contributed by atoms with Crippen molar-refractivity contribution in [2.75, 3.05) is 0 Å². The lowest BCUT2D eigenvalue weighted by atomic mass is 9.80. The molecule has 13 aromatic rings. The molecule has 0 saturated heterocycles. The number of benzene rings is 13. The molecule has 75 heavy (non-hydrogen) atoms. The Balaban J connectivity index is 0.692. The van der Waals surface area contributed by atoms with Gasteiger partial charge >= 0.3 is 0 Å². The van der Waals surface area contributed by atoms with Gasteiger partial charge in [0.1, 0.15) is 0 Å². The Morgan fingerprint density at radius 1 is 0.213 bits per heavy atom. The molecule has 0 spiro atoms. The highest BCUT2D eigenvalue weighted by Gasteiger charge is 2.36. The van der Waals surface area contributed by atoms with Crippen molar-refractivity contribution >= 4 is 32.3 Å². The quantitative estimate of drug-likeness (QED) is 0.149. The first-order chi connectivity index (χ1) is 36.9. The molecule has 0 N–H and O–H groups in total. The molecule has 0 heterocycles. The van der Waals surface area contributed by atoms with Gasteiger partial charge in [-0.05, 0) is 167 Å². The average molecular weight is 951 g/mol. The largest absolute Gasteiger partial charge is 0.0622 e. The third kappa shape index (κ3) is 6.83. The minimum Gasteiger partial charge on any atom is -0.0622 e. The summed E-state index contributed by atoms with van der Waals surface area (Å²) < 4.78 is 0. The van der Waals surface area contributed by atoms with Crippen LogP contribution in [0.2, 0.25) is 0 Å². The van der Waals surface area contributed by atoms with Crippen LogP contribution in [0.25, 0.3) is 144 Å². The highest BCUT2D eigenvalue weighted by Crippen LogP contribution is 2.58. The van der Waals surface area contributed by atoms with Crippen molar-refractivity contribution in [2.45, 2.75) is 19.3 Å². The van der Waals surface area contributed by atoms with Crippen LogP contribution in [0.3, 0.4) is 0 Å². The van der Waals surface area contributed by atoms with E-state index in [1.165, 1.54) is 155 Å². The second-order valence-electron chi connectivity index (χ2n) is 21.1. The zero-order valence-electron chi connectivity index (χ0n) is 41.9. The van der Waals surface area contributed by atoms with Crippen LogP contribution in [0.15, 0.2) is 267 Å². The minimum atomic E-state index is -0.133. The number of hydrogen-bond donors (Lipinski definition) is 0. The van der Waals surface area contributed by atoms with Crippen LogP contribution in [0.4, 0.5) is 0 Å². The van der Waals surface area contributed by atoms with Crippen LogP contribution in [0.1, 0.15) is 25.0 Å². The van der Waals surface area contributed by atoms with E-state index in [0.717, 1.165) is 0 Å². The molecular weight excluding hydrogens is 901 g/mol. The summed E-state index contributed by atoms with van der Waals surface area (Å²) in [5.41, 5.74) is 28.0. The lowest BCUT2D eigenvalue weighted by Crippen LogP contribution is -2.15. The van der Waals surface area contributed by atoms with E-state index in [1.807, 2.05) is 0 Å². The van der Waals surface area contributed by atoms with Gasteiger partial charge in [0.05, 0.1) is 0 Å². The zero-order chi connectivity index (χ0) is 49.8. The molecule has 15 rings (SSSR count). The first-order valence-corrected chi connectivity index (χ1v) is 26.3. The van der Waals surface area contributed by atoms with Crippen LogP contribution in [-0.4, -0.2) is 0 Å². The summed E-state index contributed by atoms with van der Waals surface area (Å²) >= 11 is 0. The Kier molecular flexibility index (Phi) is 9.72. The van der Waals surface area contributed by atoms with E-state index in [9.17, 15) is 0 Å². The fraction of sp³-hybridized carbons (Fsp3) is 0.0400. The second-order valence-corrected chi connectivity index (χ2v) is 21.1. The lowest BCUT2D eigenvalue weighted by molar-refractivity contribution is 0.661. The van der Waals surface area contributed by atoms with Gasteiger partial charge in [-0.2, -0.15) is 0 Å². The molecule has 0 aliphatic heterocycles. The van der Waals surface area contributed by atoms with Crippen molar-refractivity contribution in [3.05, 3.63) is 278 Å². The highest BCUT2D eigenvalue weighted by molar-refractivity contribution is 6.27. The molecule has 0 nitrogen and oxygen atoms in total. The zero-order valence-corrected chi connectivity index (χ0v) is 41.9. The fourth-order valence-electron chi connectivity index (χ4n) is 12.9. The molecule has 0 aromatic heterocycles. The summed E-state index contributed by atoms with van der Waals surface area (Å²) in [5, 5.41) is 7.74. The van der Waals surface area contributed by atoms with E-state index in [2.05, 4.69) is 281 Å². The van der Waals surface area contributed by atoms with Crippen molar-refractivity contribution in [2.24, 2.45) is 0 Å². The molecule has 2 aliphatic carbocycles. The predicted octanol–water partition coefficient (Wildman–Crippen LogP) is 20.8. The Hall–Kier alpha value is -9.36. The summed E-state index contributed by atoms with van der Waals surface area (Å²) in [7, 11) is 0. The van der Waals surface area contributed by atoms with Crippen LogP contribution >= 0.6 is 0 Å². The monoisotopic (exact) mass is 950 g/mol. The van der Waals surface area contributed by atoms with Crippen LogP contribution in [0.5, 0.6) is 0 Å². The highest BCUT2D eigenvalue weighted by atomic mass is 14.4. The molecule has 13 aromatic carbocycles. The normalized spacial score (nSPS) is 12.8. The standard InChI is InChI=1S/C75H50/c1-75(2)68-45-58(41-43-62(68)63-44-42-59(46-69(63)75)52-33-37-54(38-34-52)61-22-10-16-53-13-6-7-19-60(53)61)51-31-29-49(30-32-51)47-25-27-48(28-26-47)50-35-39-57(40-36-50)72-65-21-9-8-20-64(65)71(56-14-4-3-5-15-56)73-66-23-11-17-55-18-12-24-67(70(55)66)74(72)73/h3-46H,1-2H3. The maximum Gasteiger partial charge on any atom is 0.0159 e. The maximum atomic E-state index is 2.43. The van der Waals surface area contributed by atoms with Crippen molar-refractivity contribution < 1.29 is 0 Å². The van der Waals surface area contributed by atoms with Gasteiger partial charge < -0.3 is 0 Å². The first-order valence-electron chi connectivity index (χ1n) is 26.3. The van der Waals surface area contributed by atoms with E-state index in [4.69, 9.17) is 0 Å². The Morgan fingerprint density at radius 3 is 1.05 bits per heavy atom. The summed E-state index contributed by atoms with van der Waals surface area (Å²) in [5.74, 6) is 0. The van der Waals surface area contributed by atoms with Crippen LogP contribution in [-0.2, 0) is 5.41 Å². The number of hydrogen-bond acceptors (Lipinski definition) is 0. The third-order valence-electron chi connectivity index (χ3n) is 16.7. The SMILES string of the molecule is CC1(C)c2cc(-c3ccc(-c4ccc(-c5ccc(-c6c7c(c(-c8ccccc8)c8ccccc68)-c6cccc8cccc-7c68)cc5)cc4)cc3)ccc2-c2ccc(-c3ccc(-c4cccc5ccccc45)cc3)cc21. The van der Waals surface area contributed by atoms with Gasteiger partial charge in [-0.3, -0.25) is 0 Å². The van der Waals surface area contributed by atoms with E-state index < -0.39 is 0 Å². The predicted molar refractivity (Wildman–Crippen MR) is 319 cm³/mol. The molecule has 0 fully saturated rings. The maximum absolute atomic E-state index is 2.43. The Morgan fingerprint density at radius 2 is 0.560 bits per heavy atom. The van der Waals surface area contributed by atoms with E-state index in [-0.39, 0.29) is 5.41 Å². The van der Waals surface area contributed by atoms with Gasteiger partial charge in [0.25, 0.3) is 0 Å². The van der Waals surface area contributed by atoms with Crippen LogP contribution in [0, 0.1) is 0 Å². The smallest absolute Gasteiger partial charge is 0.0159 e. The molecular formula is C75H50. The number of rotatable bonds is 7. The van der Waals surface area contributed by atoms with Crippen molar-refractivity contribution in [1.82, 2.24) is 0 Å². The third-order valence-corrected chi connectivity index (χ3v) is 16.7. The molecule has 0 bridgehead atoms. The molecule has 0 unspecified atom stereocenters. The second kappa shape index (κ2) is 16.9. The van der Waals surface area contributed by atoms with E-state index in [0.29, 0.717) is 0 Å². The van der Waals surface area contributed by atoms with Gasteiger partial charge in [-0.15, -0.1) is 0 Å². The number of fused-ring (bicyclic) bond motifs is 8. The lowest BCUT2D eigenvalue weighted by Gasteiger charge is -2.22. The van der Waals surface area contributed by atoms with Gasteiger partial charge in [0.2, 0.25) is 0 Å². The molecule has 0 saturated carbocycles. The molecule has 0 radical (unpaired) electrons. The molecule has 0 amide bonds. The van der Waals surface area contributed by atoms with Crippen molar-refractivity contribution in [3.8, 4) is 111 Å². The van der Waals surface area contributed by atoms with Gasteiger partial charge in [0, 0.05) is 5.41 Å². The minimum absolute atomic E-state index is 0.133. The average Bonchev–Trinajstić information content (AvgIpc) is 3.94. The molecule has 0 heteroatoms. The molecule has 2 aliphatic rings. The van der Waals surface area contributed by atoms with E-state index >= 15 is 0 Å².